The molecule has 0 saturated carbocycles. The van der Waals surface area contributed by atoms with Gasteiger partial charge in [0.15, 0.2) is 0 Å². The van der Waals surface area contributed by atoms with Gasteiger partial charge in [0.1, 0.15) is 0 Å². The molecule has 58 valence electrons. The molecular formula is C4H10N4OS. The van der Waals surface area contributed by atoms with E-state index in [1.807, 2.05) is 12.3 Å². The minimum Gasteiger partial charge on any atom is -0.325 e. The summed E-state index contributed by atoms with van der Waals surface area (Å²) in [5.74, 6) is 0. The maximum absolute atomic E-state index is 10.5. The third-order valence-electron chi connectivity index (χ3n) is 0.842. The van der Waals surface area contributed by atoms with E-state index < -0.39 is 6.03 Å². The predicted octanol–water partition coefficient (Wildman–Crippen LogP) is 0.897. The zero-order valence-corrected chi connectivity index (χ0v) is 6.48. The van der Waals surface area contributed by atoms with Crippen LogP contribution in [0.5, 0.6) is 0 Å². The molecule has 0 aliphatic rings. The number of thiol groups is 1. The maximum atomic E-state index is 10.5. The van der Waals surface area contributed by atoms with Crippen molar-refractivity contribution < 1.29 is 4.79 Å². The van der Waals surface area contributed by atoms with Crippen molar-refractivity contribution in [2.45, 2.75) is 18.7 Å². The van der Waals surface area contributed by atoms with E-state index >= 15 is 0 Å². The Kier molecular flexibility index (Phi) is 4.65. The summed E-state index contributed by atoms with van der Waals surface area (Å²) in [5.41, 5.74) is 8.17. The van der Waals surface area contributed by atoms with Crippen LogP contribution in [0.3, 0.4) is 0 Å². The largest absolute Gasteiger partial charge is 0.337 e. The Morgan fingerprint density at radius 3 is 2.90 bits per heavy atom. The number of urea groups is 1. The highest BCUT2D eigenvalue weighted by atomic mass is 32.1. The number of carbonyl (C=O) groups excluding carboxylic acids is 1. The number of hydrogen-bond acceptors (Lipinski definition) is 4. The molecule has 0 heterocycles. The first-order chi connectivity index (χ1) is 4.70. The molecule has 1 unspecified atom stereocenters. The van der Waals surface area contributed by atoms with Crippen LogP contribution in [-0.2, 0) is 0 Å². The molecule has 5 nitrogen and oxygen atoms in total. The average molecular weight is 162 g/mol. The Morgan fingerprint density at radius 2 is 2.50 bits per heavy atom. The average Bonchev–Trinajstić information content (AvgIpc) is 1.88. The quantitative estimate of drug-likeness (QED) is 0.211. The highest BCUT2D eigenvalue weighted by Gasteiger charge is 2.02. The molecule has 1 atom stereocenters. The minimum absolute atomic E-state index is 0.179. The van der Waals surface area contributed by atoms with Crippen molar-refractivity contribution in [2.75, 3.05) is 0 Å². The summed E-state index contributed by atoms with van der Waals surface area (Å²) in [6.07, 6.45) is 0.731. The van der Waals surface area contributed by atoms with Crippen molar-refractivity contribution in [2.24, 2.45) is 5.22 Å². The van der Waals surface area contributed by atoms with Gasteiger partial charge in [-0.25, -0.2) is 10.2 Å². The smallest absolute Gasteiger partial charge is 0.325 e. The second kappa shape index (κ2) is 5.04. The van der Waals surface area contributed by atoms with Crippen molar-refractivity contribution in [3.8, 4) is 0 Å². The molecule has 10 heavy (non-hydrogen) atoms. The van der Waals surface area contributed by atoms with Gasteiger partial charge in [-0.15, -0.1) is 0 Å². The predicted molar refractivity (Wildman–Crippen MR) is 39.9 cm³/mol. The molecule has 0 radical (unpaired) electrons. The van der Waals surface area contributed by atoms with Gasteiger partial charge >= 0.3 is 6.03 Å². The number of carbonyl (C=O) groups is 1. The molecule has 0 aromatic rings. The molecule has 0 aliphatic heterocycles. The molecule has 0 rings (SSSR count). The minimum atomic E-state index is -0.503. The van der Waals surface area contributed by atoms with Crippen LogP contribution in [0.2, 0.25) is 0 Å². The van der Waals surface area contributed by atoms with Gasteiger partial charge in [0.05, 0.1) is 5.37 Å². The SMILES string of the molecule is CCC(S)NC(=O)NN=N. The summed E-state index contributed by atoms with van der Waals surface area (Å²) in [4.78, 5) is 10.5. The molecule has 0 bridgehead atoms. The lowest BCUT2D eigenvalue weighted by molar-refractivity contribution is 0.239. The molecular weight excluding hydrogens is 152 g/mol. The highest BCUT2D eigenvalue weighted by molar-refractivity contribution is 7.80. The van der Waals surface area contributed by atoms with E-state index in [0.29, 0.717) is 0 Å². The Labute approximate surface area is 64.5 Å². The van der Waals surface area contributed by atoms with Crippen LogP contribution in [0.1, 0.15) is 13.3 Å². The van der Waals surface area contributed by atoms with E-state index in [0.717, 1.165) is 6.42 Å². The lowest BCUT2D eigenvalue weighted by Gasteiger charge is -2.07. The van der Waals surface area contributed by atoms with E-state index in [1.165, 1.54) is 0 Å². The Balaban J connectivity index is 3.46. The van der Waals surface area contributed by atoms with Gasteiger partial charge in [-0.1, -0.05) is 12.1 Å². The van der Waals surface area contributed by atoms with E-state index in [2.05, 4.69) is 23.2 Å². The zero-order valence-electron chi connectivity index (χ0n) is 5.59. The van der Waals surface area contributed by atoms with Gasteiger partial charge in [-0.3, -0.25) is 0 Å². The van der Waals surface area contributed by atoms with Gasteiger partial charge < -0.3 is 5.32 Å². The normalized spacial score (nSPS) is 11.8. The summed E-state index contributed by atoms with van der Waals surface area (Å²) in [5, 5.41) is 4.93. The molecule has 0 aromatic carbocycles. The molecule has 0 saturated heterocycles. The lowest BCUT2D eigenvalue weighted by atomic mass is 10.5. The van der Waals surface area contributed by atoms with Crippen LogP contribution in [0.15, 0.2) is 5.22 Å². The molecule has 2 amide bonds. The molecule has 0 fully saturated rings. The van der Waals surface area contributed by atoms with Crippen LogP contribution in [0, 0.1) is 5.53 Å². The first-order valence-electron chi connectivity index (χ1n) is 2.81. The van der Waals surface area contributed by atoms with E-state index in [4.69, 9.17) is 5.53 Å². The summed E-state index contributed by atoms with van der Waals surface area (Å²) in [6.45, 7) is 1.88. The summed E-state index contributed by atoms with van der Waals surface area (Å²) < 4.78 is 0. The number of amides is 2. The van der Waals surface area contributed by atoms with Gasteiger partial charge in [-0.05, 0) is 6.42 Å². The summed E-state index contributed by atoms with van der Waals surface area (Å²) in [6, 6.07) is -0.503. The van der Waals surface area contributed by atoms with Gasteiger partial charge in [-0.2, -0.15) is 18.2 Å². The topological polar surface area (TPSA) is 77.3 Å². The highest BCUT2D eigenvalue weighted by Crippen LogP contribution is 1.93. The zero-order chi connectivity index (χ0) is 7.98. The first-order valence-corrected chi connectivity index (χ1v) is 3.33. The van der Waals surface area contributed by atoms with Crippen LogP contribution in [0.4, 0.5) is 4.79 Å². The first kappa shape index (κ1) is 9.22. The van der Waals surface area contributed by atoms with Crippen molar-refractivity contribution in [3.05, 3.63) is 0 Å². The second-order valence-corrected chi connectivity index (χ2v) is 2.24. The molecule has 3 N–H and O–H groups in total. The molecule has 0 aromatic heterocycles. The van der Waals surface area contributed by atoms with Crippen molar-refractivity contribution in [1.82, 2.24) is 10.7 Å². The third-order valence-corrected chi connectivity index (χ3v) is 1.34. The van der Waals surface area contributed by atoms with Crippen molar-refractivity contribution in [3.63, 3.8) is 0 Å². The van der Waals surface area contributed by atoms with Crippen molar-refractivity contribution in [1.29, 1.82) is 5.53 Å². The van der Waals surface area contributed by atoms with E-state index in [-0.39, 0.29) is 5.37 Å². The molecule has 0 spiro atoms. The summed E-state index contributed by atoms with van der Waals surface area (Å²) >= 11 is 3.99. The Morgan fingerprint density at radius 1 is 1.90 bits per heavy atom. The molecule has 6 heteroatoms. The van der Waals surface area contributed by atoms with Gasteiger partial charge in [0.25, 0.3) is 0 Å². The van der Waals surface area contributed by atoms with Crippen LogP contribution < -0.4 is 10.7 Å². The number of hydrogen-bond donors (Lipinski definition) is 4. The van der Waals surface area contributed by atoms with Crippen LogP contribution in [-0.4, -0.2) is 11.4 Å². The summed E-state index contributed by atoms with van der Waals surface area (Å²) in [7, 11) is 0. The fourth-order valence-corrected chi connectivity index (χ4v) is 0.454. The third kappa shape index (κ3) is 4.13. The van der Waals surface area contributed by atoms with E-state index in [1.54, 1.807) is 0 Å². The maximum Gasteiger partial charge on any atom is 0.337 e. The monoisotopic (exact) mass is 162 g/mol. The standard InChI is InChI=1S/C4H10N4OS/c1-2-3(10)6-4(9)7-8-5/h3,10H,2H2,1H3,(H3,5,6,7,9). The lowest BCUT2D eigenvalue weighted by Crippen LogP contribution is -2.36. The fraction of sp³-hybridized carbons (Fsp3) is 0.750. The van der Waals surface area contributed by atoms with Gasteiger partial charge in [0.2, 0.25) is 0 Å². The van der Waals surface area contributed by atoms with Crippen LogP contribution in [0.25, 0.3) is 0 Å². The number of rotatable bonds is 3. The fourth-order valence-electron chi connectivity index (χ4n) is 0.336. The van der Waals surface area contributed by atoms with Crippen LogP contribution >= 0.6 is 12.6 Å². The van der Waals surface area contributed by atoms with E-state index in [9.17, 15) is 4.79 Å². The second-order valence-electron chi connectivity index (χ2n) is 1.62. The Bertz CT molecular complexity index is 128. The van der Waals surface area contributed by atoms with Crippen molar-refractivity contribution >= 4 is 18.7 Å². The molecule has 0 aliphatic carbocycles. The number of nitrogens with zero attached hydrogens (tertiary/aromatic N) is 1. The Hall–Kier alpha value is -0.780. The number of nitrogens with one attached hydrogen (secondary N) is 3. The van der Waals surface area contributed by atoms with Gasteiger partial charge in [0, 0.05) is 0 Å².